The fraction of sp³-hybridized carbons (Fsp3) is 0.647. The van der Waals surface area contributed by atoms with Crippen molar-refractivity contribution in [3.8, 4) is 0 Å². The number of allylic oxidation sites excluding steroid dienone is 1. The molecule has 2 rings (SSSR count). The van der Waals surface area contributed by atoms with E-state index in [2.05, 4.69) is 39.1 Å². The highest BCUT2D eigenvalue weighted by Gasteiger charge is 2.15. The molecule has 0 spiro atoms. The van der Waals surface area contributed by atoms with Crippen LogP contribution >= 0.6 is 11.3 Å². The van der Waals surface area contributed by atoms with Gasteiger partial charge in [-0.05, 0) is 25.7 Å². The molecule has 128 valence electrons. The standard InChI is InChI=1S/C17H29N5S/c1-4-5-6-11-21(3)16(18-2)19-10-9-15-14-23-17(20-15)22-12-7-8-13-22/h4,14H,1,5-13H2,2-3H3,(H,18,19). The van der Waals surface area contributed by atoms with E-state index in [0.717, 1.165) is 51.4 Å². The Balaban J connectivity index is 1.73. The van der Waals surface area contributed by atoms with Crippen LogP contribution in [0.15, 0.2) is 23.0 Å². The zero-order valence-corrected chi connectivity index (χ0v) is 15.2. The Kier molecular flexibility index (Phi) is 7.39. The van der Waals surface area contributed by atoms with Crippen LogP contribution in [-0.2, 0) is 6.42 Å². The lowest BCUT2D eigenvalue weighted by Gasteiger charge is -2.21. The van der Waals surface area contributed by atoms with E-state index >= 15 is 0 Å². The minimum absolute atomic E-state index is 0.863. The van der Waals surface area contributed by atoms with Gasteiger partial charge in [-0.2, -0.15) is 0 Å². The summed E-state index contributed by atoms with van der Waals surface area (Å²) >= 11 is 1.77. The number of aromatic nitrogens is 1. The summed E-state index contributed by atoms with van der Waals surface area (Å²) in [4.78, 5) is 13.7. The fourth-order valence-electron chi connectivity index (χ4n) is 2.73. The highest BCUT2D eigenvalue weighted by Crippen LogP contribution is 2.24. The Hall–Kier alpha value is -1.56. The zero-order valence-electron chi connectivity index (χ0n) is 14.4. The first-order valence-electron chi connectivity index (χ1n) is 8.46. The number of rotatable bonds is 8. The van der Waals surface area contributed by atoms with Gasteiger partial charge in [0.15, 0.2) is 11.1 Å². The number of unbranched alkanes of at least 4 members (excludes halogenated alkanes) is 1. The van der Waals surface area contributed by atoms with Gasteiger partial charge in [0.25, 0.3) is 0 Å². The molecule has 1 aliphatic rings. The Labute approximate surface area is 144 Å². The average Bonchev–Trinajstić information content (AvgIpc) is 3.22. The lowest BCUT2D eigenvalue weighted by molar-refractivity contribution is 0.470. The van der Waals surface area contributed by atoms with E-state index in [1.807, 2.05) is 13.1 Å². The minimum atomic E-state index is 0.863. The molecule has 0 amide bonds. The van der Waals surface area contributed by atoms with Crippen molar-refractivity contribution in [2.75, 3.05) is 45.2 Å². The second kappa shape index (κ2) is 9.55. The predicted octanol–water partition coefficient (Wildman–Crippen LogP) is 2.76. The van der Waals surface area contributed by atoms with Crippen molar-refractivity contribution in [3.63, 3.8) is 0 Å². The van der Waals surface area contributed by atoms with Crippen LogP contribution in [0.5, 0.6) is 0 Å². The molecule has 1 fully saturated rings. The number of anilines is 1. The molecule has 1 aliphatic heterocycles. The van der Waals surface area contributed by atoms with Crippen LogP contribution in [0.3, 0.4) is 0 Å². The molecule has 2 heterocycles. The van der Waals surface area contributed by atoms with Crippen molar-refractivity contribution >= 4 is 22.4 Å². The van der Waals surface area contributed by atoms with Crippen molar-refractivity contribution in [3.05, 3.63) is 23.7 Å². The third-order valence-electron chi connectivity index (χ3n) is 4.06. The smallest absolute Gasteiger partial charge is 0.193 e. The molecule has 0 atom stereocenters. The van der Waals surface area contributed by atoms with Gasteiger partial charge in [0.2, 0.25) is 0 Å². The molecule has 0 saturated carbocycles. The highest BCUT2D eigenvalue weighted by molar-refractivity contribution is 7.13. The number of nitrogens with one attached hydrogen (secondary N) is 1. The maximum atomic E-state index is 4.76. The SMILES string of the molecule is C=CCCCN(C)C(=NC)NCCc1csc(N2CCCC2)n1. The van der Waals surface area contributed by atoms with Crippen molar-refractivity contribution < 1.29 is 0 Å². The van der Waals surface area contributed by atoms with E-state index in [-0.39, 0.29) is 0 Å². The van der Waals surface area contributed by atoms with Crippen LogP contribution in [0.25, 0.3) is 0 Å². The summed E-state index contributed by atoms with van der Waals surface area (Å²) in [6, 6.07) is 0. The van der Waals surface area contributed by atoms with E-state index in [0.29, 0.717) is 0 Å². The zero-order chi connectivity index (χ0) is 16.5. The molecule has 0 unspecified atom stereocenters. The Morgan fingerprint density at radius 3 is 3.00 bits per heavy atom. The molecule has 5 nitrogen and oxygen atoms in total. The first kappa shape index (κ1) is 17.8. The number of hydrogen-bond donors (Lipinski definition) is 1. The van der Waals surface area contributed by atoms with Crippen molar-refractivity contribution in [1.82, 2.24) is 15.2 Å². The van der Waals surface area contributed by atoms with E-state index in [1.165, 1.54) is 23.7 Å². The Bertz CT molecular complexity index is 505. The van der Waals surface area contributed by atoms with Gasteiger partial charge in [-0.1, -0.05) is 6.08 Å². The maximum Gasteiger partial charge on any atom is 0.193 e. The summed E-state index contributed by atoms with van der Waals surface area (Å²) < 4.78 is 0. The second-order valence-corrected chi connectivity index (χ2v) is 6.73. The lowest BCUT2D eigenvalue weighted by Crippen LogP contribution is -2.40. The van der Waals surface area contributed by atoms with Gasteiger partial charge in [-0.25, -0.2) is 4.98 Å². The molecule has 0 aliphatic carbocycles. The summed E-state index contributed by atoms with van der Waals surface area (Å²) in [7, 11) is 3.91. The number of nitrogens with zero attached hydrogens (tertiary/aromatic N) is 4. The molecule has 1 N–H and O–H groups in total. The molecule has 23 heavy (non-hydrogen) atoms. The molecular weight excluding hydrogens is 306 g/mol. The van der Waals surface area contributed by atoms with Crippen LogP contribution in [0.4, 0.5) is 5.13 Å². The summed E-state index contributed by atoms with van der Waals surface area (Å²) in [5.41, 5.74) is 1.18. The molecule has 0 radical (unpaired) electrons. The minimum Gasteiger partial charge on any atom is -0.356 e. The van der Waals surface area contributed by atoms with Gasteiger partial charge < -0.3 is 15.1 Å². The van der Waals surface area contributed by atoms with Crippen LogP contribution in [-0.4, -0.2) is 56.1 Å². The van der Waals surface area contributed by atoms with Crippen molar-refractivity contribution in [2.45, 2.75) is 32.1 Å². The summed E-state index contributed by atoms with van der Waals surface area (Å²) in [6.45, 7) is 7.93. The normalized spacial score (nSPS) is 15.0. The number of hydrogen-bond acceptors (Lipinski definition) is 4. The fourth-order valence-corrected chi connectivity index (χ4v) is 3.64. The van der Waals surface area contributed by atoms with Crippen LogP contribution in [0.1, 0.15) is 31.4 Å². The molecule has 1 aromatic heterocycles. The molecule has 6 heteroatoms. The van der Waals surface area contributed by atoms with Crippen molar-refractivity contribution in [2.24, 2.45) is 4.99 Å². The second-order valence-electron chi connectivity index (χ2n) is 5.89. The van der Waals surface area contributed by atoms with Crippen molar-refractivity contribution in [1.29, 1.82) is 0 Å². The van der Waals surface area contributed by atoms with E-state index in [1.54, 1.807) is 11.3 Å². The largest absolute Gasteiger partial charge is 0.356 e. The Morgan fingerprint density at radius 2 is 2.30 bits per heavy atom. The third-order valence-corrected chi connectivity index (χ3v) is 5.01. The van der Waals surface area contributed by atoms with Gasteiger partial charge in [0.1, 0.15) is 0 Å². The van der Waals surface area contributed by atoms with Gasteiger partial charge in [0, 0.05) is 52.1 Å². The average molecular weight is 336 g/mol. The first-order valence-corrected chi connectivity index (χ1v) is 9.34. The maximum absolute atomic E-state index is 4.76. The topological polar surface area (TPSA) is 43.8 Å². The molecular formula is C17H29N5S. The quantitative estimate of drug-likeness (QED) is 0.343. The van der Waals surface area contributed by atoms with E-state index in [4.69, 9.17) is 4.98 Å². The van der Waals surface area contributed by atoms with Gasteiger partial charge in [0.05, 0.1) is 5.69 Å². The van der Waals surface area contributed by atoms with Gasteiger partial charge >= 0.3 is 0 Å². The van der Waals surface area contributed by atoms with E-state index in [9.17, 15) is 0 Å². The van der Waals surface area contributed by atoms with Crippen LogP contribution in [0.2, 0.25) is 0 Å². The molecule has 0 aromatic carbocycles. The number of aliphatic imine (C=N–C) groups is 1. The highest BCUT2D eigenvalue weighted by atomic mass is 32.1. The Morgan fingerprint density at radius 1 is 1.52 bits per heavy atom. The monoisotopic (exact) mass is 335 g/mol. The van der Waals surface area contributed by atoms with Crippen LogP contribution < -0.4 is 10.2 Å². The van der Waals surface area contributed by atoms with Gasteiger partial charge in [-0.3, -0.25) is 4.99 Å². The van der Waals surface area contributed by atoms with E-state index < -0.39 is 0 Å². The summed E-state index contributed by atoms with van der Waals surface area (Å²) in [5, 5.41) is 6.79. The number of thiazole rings is 1. The number of guanidine groups is 1. The predicted molar refractivity (Wildman–Crippen MR) is 101 cm³/mol. The van der Waals surface area contributed by atoms with Gasteiger partial charge in [-0.15, -0.1) is 17.9 Å². The van der Waals surface area contributed by atoms with Crippen LogP contribution in [0, 0.1) is 0 Å². The summed E-state index contributed by atoms with van der Waals surface area (Å²) in [6.07, 6.45) is 7.63. The molecule has 0 bridgehead atoms. The molecule has 1 saturated heterocycles. The third kappa shape index (κ3) is 5.53. The summed E-state index contributed by atoms with van der Waals surface area (Å²) in [5.74, 6) is 0.948. The lowest BCUT2D eigenvalue weighted by atomic mass is 10.3. The first-order chi connectivity index (χ1) is 11.2. The molecule has 1 aromatic rings.